The Hall–Kier alpha value is -6.93. The molecule has 0 fully saturated rings. The zero-order chi connectivity index (χ0) is 34.2. The zero-order valence-corrected chi connectivity index (χ0v) is 27.4. The molecule has 0 amide bonds. The molecule has 0 saturated carbocycles. The molecule has 7 aromatic rings. The van der Waals surface area contributed by atoms with Crippen LogP contribution in [-0.2, 0) is 0 Å². The smallest absolute Gasteiger partial charge is 0.108 e. The Morgan fingerprint density at radius 2 is 0.980 bits per heavy atom. The molecule has 1 heterocycles. The molecular weight excluding hydrogens is 609 g/mol. The van der Waals surface area contributed by atoms with Gasteiger partial charge in [-0.1, -0.05) is 133 Å². The Labute approximate surface area is 291 Å². The van der Waals surface area contributed by atoms with E-state index in [4.69, 9.17) is 0 Å². The Kier molecular flexibility index (Phi) is 7.46. The summed E-state index contributed by atoms with van der Waals surface area (Å²) in [5.74, 6) is -0.638. The Morgan fingerprint density at radius 1 is 0.520 bits per heavy atom. The topological polar surface area (TPSA) is 76.3 Å². The summed E-state index contributed by atoms with van der Waals surface area (Å²) >= 11 is 0. The molecule has 8 rings (SSSR count). The van der Waals surface area contributed by atoms with Gasteiger partial charge in [-0.2, -0.15) is 15.8 Å². The molecule has 6 aromatic carbocycles. The van der Waals surface area contributed by atoms with Gasteiger partial charge < -0.3 is 4.57 Å². The summed E-state index contributed by atoms with van der Waals surface area (Å²) in [7, 11) is 0. The predicted octanol–water partition coefficient (Wildman–Crippen LogP) is 11.2. The van der Waals surface area contributed by atoms with Crippen molar-refractivity contribution in [2.45, 2.75) is 12.8 Å². The maximum atomic E-state index is 11.3. The van der Waals surface area contributed by atoms with Crippen LogP contribution in [0.3, 0.4) is 0 Å². The minimum Gasteiger partial charge on any atom is -0.310 e. The van der Waals surface area contributed by atoms with Crippen molar-refractivity contribution in [3.05, 3.63) is 180 Å². The van der Waals surface area contributed by atoms with Gasteiger partial charge in [-0.25, -0.2) is 0 Å². The molecule has 0 aliphatic heterocycles. The van der Waals surface area contributed by atoms with Crippen LogP contribution in [0.2, 0.25) is 0 Å². The van der Waals surface area contributed by atoms with Gasteiger partial charge in [0.2, 0.25) is 0 Å². The number of allylic oxidation sites excluding steroid dienone is 4. The number of nitrogens with zero attached hydrogens (tertiary/aromatic N) is 4. The summed E-state index contributed by atoms with van der Waals surface area (Å²) in [6.45, 7) is 1.88. The van der Waals surface area contributed by atoms with E-state index in [-0.39, 0.29) is 0 Å². The first-order chi connectivity index (χ1) is 24.6. The fourth-order valence-corrected chi connectivity index (χ4v) is 7.71. The molecule has 4 heteroatoms. The molecule has 1 aliphatic carbocycles. The SMILES string of the molecule is CC1(C#N)C(n2c3ccc(-c4ccccc4)cc3c3cc(-c4ccccc4)ccc32)=C(C#N)C(c2ccccc2)=C(C#N)C1c1ccccc1. The molecular formula is C46H30N4. The lowest BCUT2D eigenvalue weighted by Gasteiger charge is -2.40. The van der Waals surface area contributed by atoms with E-state index in [1.807, 2.05) is 104 Å². The monoisotopic (exact) mass is 638 g/mol. The van der Waals surface area contributed by atoms with Crippen molar-refractivity contribution in [1.29, 1.82) is 15.8 Å². The second-order valence-corrected chi connectivity index (χ2v) is 12.8. The fraction of sp³-hybridized carbons (Fsp3) is 0.0652. The average Bonchev–Trinajstić information content (AvgIpc) is 3.50. The van der Waals surface area contributed by atoms with E-state index in [1.54, 1.807) is 0 Å². The van der Waals surface area contributed by atoms with Crippen LogP contribution < -0.4 is 0 Å². The van der Waals surface area contributed by atoms with Crippen molar-refractivity contribution in [3.63, 3.8) is 0 Å². The molecule has 1 aromatic heterocycles. The summed E-state index contributed by atoms with van der Waals surface area (Å²) in [6.07, 6.45) is 0. The second kappa shape index (κ2) is 12.3. The Morgan fingerprint density at radius 3 is 1.42 bits per heavy atom. The van der Waals surface area contributed by atoms with Gasteiger partial charge in [0.15, 0.2) is 0 Å². The summed E-state index contributed by atoms with van der Waals surface area (Å²) in [5, 5.41) is 35.4. The number of aromatic nitrogens is 1. The van der Waals surface area contributed by atoms with Crippen molar-refractivity contribution < 1.29 is 0 Å². The van der Waals surface area contributed by atoms with Crippen LogP contribution in [0.4, 0.5) is 0 Å². The molecule has 0 radical (unpaired) electrons. The summed E-state index contributed by atoms with van der Waals surface area (Å²) in [6, 6.07) is 60.4. The van der Waals surface area contributed by atoms with E-state index >= 15 is 0 Å². The predicted molar refractivity (Wildman–Crippen MR) is 201 cm³/mol. The van der Waals surface area contributed by atoms with Crippen molar-refractivity contribution in [3.8, 4) is 40.5 Å². The van der Waals surface area contributed by atoms with Gasteiger partial charge in [-0.3, -0.25) is 0 Å². The lowest BCUT2D eigenvalue weighted by atomic mass is 9.62. The van der Waals surface area contributed by atoms with Gasteiger partial charge >= 0.3 is 0 Å². The van der Waals surface area contributed by atoms with Gasteiger partial charge in [0, 0.05) is 27.8 Å². The minimum atomic E-state index is -1.30. The first kappa shape index (κ1) is 30.4. The summed E-state index contributed by atoms with van der Waals surface area (Å²) in [4.78, 5) is 0. The molecule has 1 aliphatic rings. The molecule has 4 nitrogen and oxygen atoms in total. The lowest BCUT2D eigenvalue weighted by Crippen LogP contribution is -2.34. The number of fused-ring (bicyclic) bond motifs is 3. The van der Waals surface area contributed by atoms with Crippen LogP contribution in [0.5, 0.6) is 0 Å². The highest BCUT2D eigenvalue weighted by molar-refractivity contribution is 6.14. The number of hydrogen-bond donors (Lipinski definition) is 0. The van der Waals surface area contributed by atoms with Crippen molar-refractivity contribution in [2.24, 2.45) is 5.41 Å². The molecule has 0 bridgehead atoms. The highest BCUT2D eigenvalue weighted by atomic mass is 15.0. The van der Waals surface area contributed by atoms with Gasteiger partial charge in [0.1, 0.15) is 11.5 Å². The first-order valence-electron chi connectivity index (χ1n) is 16.6. The normalized spacial score (nSPS) is 17.4. The van der Waals surface area contributed by atoms with E-state index in [9.17, 15) is 15.8 Å². The highest BCUT2D eigenvalue weighted by Gasteiger charge is 2.49. The van der Waals surface area contributed by atoms with E-state index in [0.717, 1.165) is 55.2 Å². The molecule has 0 saturated heterocycles. The third-order valence-electron chi connectivity index (χ3n) is 9.98. The standard InChI is InChI=1S/C46H30N4/c1-46(30-49)44(34-20-12-5-13-21-34)39(28-47)43(33-18-10-4-11-19-33)40(29-48)45(46)50-41-24-22-35(31-14-6-2-7-15-31)26-37(41)38-27-36(23-25-42(38)50)32-16-8-3-9-17-32/h2-27,44H,1H3. The van der Waals surface area contributed by atoms with E-state index in [0.29, 0.717) is 22.4 Å². The maximum absolute atomic E-state index is 11.3. The van der Waals surface area contributed by atoms with Crippen LogP contribution in [0.1, 0.15) is 24.0 Å². The quantitative estimate of drug-likeness (QED) is 0.188. The Balaban J connectivity index is 1.53. The van der Waals surface area contributed by atoms with Gasteiger partial charge in [-0.05, 0) is 64.6 Å². The number of benzene rings is 6. The number of rotatable bonds is 5. The zero-order valence-electron chi connectivity index (χ0n) is 27.4. The van der Waals surface area contributed by atoms with E-state index < -0.39 is 11.3 Å². The van der Waals surface area contributed by atoms with Crippen molar-refractivity contribution >= 4 is 33.1 Å². The molecule has 0 spiro atoms. The average molecular weight is 639 g/mol. The first-order valence-corrected chi connectivity index (χ1v) is 16.6. The Bertz CT molecular complexity index is 2510. The van der Waals surface area contributed by atoms with Gasteiger partial charge in [-0.15, -0.1) is 0 Å². The highest BCUT2D eigenvalue weighted by Crippen LogP contribution is 2.57. The van der Waals surface area contributed by atoms with Crippen molar-refractivity contribution in [1.82, 2.24) is 4.57 Å². The van der Waals surface area contributed by atoms with Crippen molar-refractivity contribution in [2.75, 3.05) is 0 Å². The van der Waals surface area contributed by atoms with Crippen LogP contribution in [0.25, 0.3) is 55.3 Å². The lowest BCUT2D eigenvalue weighted by molar-refractivity contribution is 0.488. The van der Waals surface area contributed by atoms with Crippen LogP contribution >= 0.6 is 0 Å². The number of nitriles is 3. The fourth-order valence-electron chi connectivity index (χ4n) is 7.71. The maximum Gasteiger partial charge on any atom is 0.108 e. The summed E-state index contributed by atoms with van der Waals surface area (Å²) in [5.41, 5.74) is 8.26. The molecule has 0 N–H and O–H groups in total. The third kappa shape index (κ3) is 4.73. The second-order valence-electron chi connectivity index (χ2n) is 12.8. The van der Waals surface area contributed by atoms with Gasteiger partial charge in [0.25, 0.3) is 0 Å². The van der Waals surface area contributed by atoms with Crippen LogP contribution in [0.15, 0.2) is 169 Å². The largest absolute Gasteiger partial charge is 0.310 e. The number of hydrogen-bond acceptors (Lipinski definition) is 3. The van der Waals surface area contributed by atoms with Crippen LogP contribution in [-0.4, -0.2) is 4.57 Å². The minimum absolute atomic E-state index is 0.321. The molecule has 234 valence electrons. The third-order valence-corrected chi connectivity index (χ3v) is 9.98. The summed E-state index contributed by atoms with van der Waals surface area (Å²) < 4.78 is 2.11. The van der Waals surface area contributed by atoms with E-state index in [1.165, 1.54) is 0 Å². The molecule has 2 unspecified atom stereocenters. The van der Waals surface area contributed by atoms with Crippen LogP contribution in [0, 0.1) is 39.4 Å². The molecule has 50 heavy (non-hydrogen) atoms. The van der Waals surface area contributed by atoms with Gasteiger partial charge in [0.05, 0.1) is 34.4 Å². The molecule has 2 atom stereocenters. The van der Waals surface area contributed by atoms with E-state index in [2.05, 4.69) is 83.4 Å².